The lowest BCUT2D eigenvalue weighted by Crippen LogP contribution is -2.30. The average molecular weight is 189 g/mol. The van der Waals surface area contributed by atoms with Gasteiger partial charge in [-0.25, -0.2) is 4.98 Å². The van der Waals surface area contributed by atoms with E-state index >= 15 is 0 Å². The van der Waals surface area contributed by atoms with Crippen LogP contribution in [0.2, 0.25) is 5.15 Å². The van der Waals surface area contributed by atoms with Crippen molar-refractivity contribution in [3.63, 3.8) is 0 Å². The zero-order valence-corrected chi connectivity index (χ0v) is 7.21. The highest BCUT2D eigenvalue weighted by Crippen LogP contribution is 2.07. The fourth-order valence-corrected chi connectivity index (χ4v) is 0.824. The summed E-state index contributed by atoms with van der Waals surface area (Å²) < 4.78 is 0. The van der Waals surface area contributed by atoms with Gasteiger partial charge in [-0.1, -0.05) is 17.7 Å². The summed E-state index contributed by atoms with van der Waals surface area (Å²) in [5.41, 5.74) is 1.09. The van der Waals surface area contributed by atoms with Crippen molar-refractivity contribution >= 4 is 24.2 Å². The summed E-state index contributed by atoms with van der Waals surface area (Å²) in [6, 6.07) is 1.58. The van der Waals surface area contributed by atoms with Crippen molar-refractivity contribution in [3.8, 4) is 0 Å². The first kappa shape index (κ1) is 11.4. The molecule has 1 aromatic rings. The molecule has 0 saturated carbocycles. The molecule has 0 spiro atoms. The summed E-state index contributed by atoms with van der Waals surface area (Å²) in [4.78, 5) is 3.75. The van der Waals surface area contributed by atoms with Crippen LogP contribution in [0.1, 0.15) is 5.56 Å². The molecule has 1 aromatic heterocycles. The third-order valence-electron chi connectivity index (χ3n) is 1.33. The predicted molar refractivity (Wildman–Crippen MR) is 47.4 cm³/mol. The molecule has 0 amide bonds. The SMILES string of the molecule is Cc1cc(B(O)O)cnc1Cl.O. The Morgan fingerprint density at radius 2 is 2.08 bits per heavy atom. The van der Waals surface area contributed by atoms with Gasteiger partial charge in [0, 0.05) is 11.7 Å². The van der Waals surface area contributed by atoms with E-state index in [0.29, 0.717) is 10.6 Å². The van der Waals surface area contributed by atoms with Crippen LogP contribution in [0.25, 0.3) is 0 Å². The number of aromatic nitrogens is 1. The molecule has 0 atom stereocenters. The minimum absolute atomic E-state index is 0. The summed E-state index contributed by atoms with van der Waals surface area (Å²) in [5, 5.41) is 17.8. The number of pyridine rings is 1. The molecule has 1 rings (SSSR count). The van der Waals surface area contributed by atoms with Gasteiger partial charge in [-0.15, -0.1) is 0 Å². The van der Waals surface area contributed by atoms with Crippen LogP contribution in [-0.2, 0) is 0 Å². The van der Waals surface area contributed by atoms with Crippen LogP contribution in [0.3, 0.4) is 0 Å². The number of nitrogens with zero attached hydrogens (tertiary/aromatic N) is 1. The number of hydrogen-bond acceptors (Lipinski definition) is 3. The second-order valence-electron chi connectivity index (χ2n) is 2.25. The van der Waals surface area contributed by atoms with Gasteiger partial charge in [0.15, 0.2) is 0 Å². The van der Waals surface area contributed by atoms with Crippen LogP contribution in [0.15, 0.2) is 12.3 Å². The number of rotatable bonds is 1. The Bertz CT molecular complexity index is 269. The Kier molecular flexibility index (Phi) is 4.19. The minimum Gasteiger partial charge on any atom is -0.423 e. The fraction of sp³-hybridized carbons (Fsp3) is 0.167. The van der Waals surface area contributed by atoms with E-state index < -0.39 is 7.12 Å². The standard InChI is InChI=1S/C6H7BClNO2.H2O/c1-4-2-5(7(10)11)3-9-6(4)8;/h2-3,10-11H,1H3;1H2. The average Bonchev–Trinajstić information content (AvgIpc) is 1.94. The summed E-state index contributed by atoms with van der Waals surface area (Å²) in [5.74, 6) is 0. The molecule has 0 unspecified atom stereocenters. The summed E-state index contributed by atoms with van der Waals surface area (Å²) in [6.07, 6.45) is 1.33. The first-order valence-electron chi connectivity index (χ1n) is 3.09. The van der Waals surface area contributed by atoms with Crippen LogP contribution in [0, 0.1) is 6.92 Å². The highest BCUT2D eigenvalue weighted by atomic mass is 35.5. The quantitative estimate of drug-likeness (QED) is 0.434. The summed E-state index contributed by atoms with van der Waals surface area (Å²) in [6.45, 7) is 1.75. The van der Waals surface area contributed by atoms with Gasteiger partial charge in [-0.2, -0.15) is 0 Å². The second-order valence-corrected chi connectivity index (χ2v) is 2.61. The first-order chi connectivity index (χ1) is 5.11. The van der Waals surface area contributed by atoms with Gasteiger partial charge in [-0.3, -0.25) is 0 Å². The molecule has 0 fully saturated rings. The maximum Gasteiger partial charge on any atom is 0.490 e. The molecule has 1 heterocycles. The lowest BCUT2D eigenvalue weighted by atomic mass is 9.81. The van der Waals surface area contributed by atoms with Crippen molar-refractivity contribution in [2.24, 2.45) is 0 Å². The van der Waals surface area contributed by atoms with Gasteiger partial charge in [0.05, 0.1) is 0 Å². The monoisotopic (exact) mass is 189 g/mol. The van der Waals surface area contributed by atoms with Gasteiger partial charge < -0.3 is 15.5 Å². The lowest BCUT2D eigenvalue weighted by Gasteiger charge is -2.00. The molecule has 0 aliphatic heterocycles. The van der Waals surface area contributed by atoms with E-state index in [1.54, 1.807) is 13.0 Å². The molecular weight excluding hydrogens is 180 g/mol. The molecule has 0 bridgehead atoms. The van der Waals surface area contributed by atoms with Crippen LogP contribution >= 0.6 is 11.6 Å². The molecule has 0 radical (unpaired) electrons. The number of aryl methyl sites for hydroxylation is 1. The number of halogens is 1. The zero-order valence-electron chi connectivity index (χ0n) is 6.45. The van der Waals surface area contributed by atoms with Crippen molar-refractivity contribution in [2.75, 3.05) is 0 Å². The van der Waals surface area contributed by atoms with E-state index in [9.17, 15) is 0 Å². The van der Waals surface area contributed by atoms with E-state index in [-0.39, 0.29) is 5.48 Å². The topological polar surface area (TPSA) is 84.8 Å². The molecule has 6 heteroatoms. The van der Waals surface area contributed by atoms with Crippen molar-refractivity contribution in [1.82, 2.24) is 4.98 Å². The molecule has 0 saturated heterocycles. The minimum atomic E-state index is -1.47. The van der Waals surface area contributed by atoms with Crippen molar-refractivity contribution < 1.29 is 15.5 Å². The molecule has 4 N–H and O–H groups in total. The maximum absolute atomic E-state index is 8.71. The molecule has 0 aromatic carbocycles. The largest absolute Gasteiger partial charge is 0.490 e. The molecule has 0 aliphatic rings. The Balaban J connectivity index is 0.00000121. The van der Waals surface area contributed by atoms with E-state index in [1.807, 2.05) is 0 Å². The molecule has 0 aliphatic carbocycles. The van der Waals surface area contributed by atoms with Gasteiger partial charge in [0.2, 0.25) is 0 Å². The fourth-order valence-electron chi connectivity index (χ4n) is 0.721. The summed E-state index contributed by atoms with van der Waals surface area (Å²) >= 11 is 5.61. The van der Waals surface area contributed by atoms with Crippen LogP contribution in [0.4, 0.5) is 0 Å². The Labute approximate surface area is 75.3 Å². The Morgan fingerprint density at radius 3 is 2.50 bits per heavy atom. The third-order valence-corrected chi connectivity index (χ3v) is 1.73. The third kappa shape index (κ3) is 2.46. The van der Waals surface area contributed by atoms with E-state index in [2.05, 4.69) is 4.98 Å². The van der Waals surface area contributed by atoms with E-state index in [0.717, 1.165) is 5.56 Å². The number of hydrogen-bond donors (Lipinski definition) is 2. The van der Waals surface area contributed by atoms with Crippen molar-refractivity contribution in [3.05, 3.63) is 23.0 Å². The zero-order chi connectivity index (χ0) is 8.43. The lowest BCUT2D eigenvalue weighted by molar-refractivity contribution is 0.425. The molecular formula is C6H9BClNO3. The van der Waals surface area contributed by atoms with Crippen LogP contribution < -0.4 is 5.46 Å². The Morgan fingerprint density at radius 1 is 1.50 bits per heavy atom. The predicted octanol–water partition coefficient (Wildman–Crippen LogP) is -1.10. The van der Waals surface area contributed by atoms with E-state index in [1.165, 1.54) is 6.20 Å². The molecule has 12 heavy (non-hydrogen) atoms. The van der Waals surface area contributed by atoms with Gasteiger partial charge >= 0.3 is 7.12 Å². The normalized spacial score (nSPS) is 9.00. The van der Waals surface area contributed by atoms with Gasteiger partial charge in [0.1, 0.15) is 5.15 Å². The Hall–Kier alpha value is -0.615. The van der Waals surface area contributed by atoms with E-state index in [4.69, 9.17) is 21.6 Å². The van der Waals surface area contributed by atoms with Crippen LogP contribution in [-0.4, -0.2) is 27.6 Å². The highest BCUT2D eigenvalue weighted by molar-refractivity contribution is 6.58. The van der Waals surface area contributed by atoms with Crippen molar-refractivity contribution in [1.29, 1.82) is 0 Å². The smallest absolute Gasteiger partial charge is 0.423 e. The molecule has 4 nitrogen and oxygen atoms in total. The van der Waals surface area contributed by atoms with Gasteiger partial charge in [-0.05, 0) is 12.5 Å². The molecule has 66 valence electrons. The maximum atomic E-state index is 8.71. The second kappa shape index (κ2) is 4.42. The van der Waals surface area contributed by atoms with Crippen molar-refractivity contribution in [2.45, 2.75) is 6.92 Å². The highest BCUT2D eigenvalue weighted by Gasteiger charge is 2.11. The van der Waals surface area contributed by atoms with Gasteiger partial charge in [0.25, 0.3) is 0 Å². The van der Waals surface area contributed by atoms with Crippen LogP contribution in [0.5, 0.6) is 0 Å². The summed E-state index contributed by atoms with van der Waals surface area (Å²) in [7, 11) is -1.47. The first-order valence-corrected chi connectivity index (χ1v) is 3.47.